The molecule has 1 aromatic carbocycles. The van der Waals surface area contributed by atoms with Crippen molar-refractivity contribution in [3.05, 3.63) is 36.0 Å². The number of H-pyrrole nitrogens is 1. The summed E-state index contributed by atoms with van der Waals surface area (Å²) in [6.45, 7) is 3.58. The smallest absolute Gasteiger partial charge is 0.326 e. The third kappa shape index (κ3) is 9.29. The predicted molar refractivity (Wildman–Crippen MR) is 150 cm³/mol. The fourth-order valence-electron chi connectivity index (χ4n) is 4.03. The number of aromatic nitrogens is 1. The molecule has 0 bridgehead atoms. The molecular formula is C26H38N6O6S. The van der Waals surface area contributed by atoms with Crippen molar-refractivity contribution in [2.24, 2.45) is 17.4 Å². The molecule has 0 saturated carbocycles. The second-order valence-electron chi connectivity index (χ2n) is 9.45. The van der Waals surface area contributed by atoms with E-state index in [4.69, 9.17) is 11.5 Å². The van der Waals surface area contributed by atoms with E-state index in [0.29, 0.717) is 12.2 Å². The van der Waals surface area contributed by atoms with Gasteiger partial charge in [0.15, 0.2) is 0 Å². The first-order chi connectivity index (χ1) is 18.5. The van der Waals surface area contributed by atoms with Gasteiger partial charge in [0.05, 0.1) is 12.5 Å². The van der Waals surface area contributed by atoms with Crippen LogP contribution in [-0.2, 0) is 30.4 Å². The summed E-state index contributed by atoms with van der Waals surface area (Å²) in [5.41, 5.74) is 13.2. The second kappa shape index (κ2) is 15.1. The van der Waals surface area contributed by atoms with E-state index in [1.807, 2.05) is 31.2 Å². The standard InChI is InChI=1S/C26H38N6O6S/c1-4-14(2)22(32-23(34)17(27)11-15-13-29-18-8-6-5-7-16(15)18)25(36)31-20(12-21(28)33)24(35)30-19(26(37)38)9-10-39-3/h5-8,13-14,17,19-20,22,29H,4,9-12,27H2,1-3H3,(H2,28,33)(H,30,35)(H,31,36)(H,32,34)(H,37,38). The fourth-order valence-corrected chi connectivity index (χ4v) is 4.50. The Morgan fingerprint density at radius 2 is 1.69 bits per heavy atom. The van der Waals surface area contributed by atoms with Crippen LogP contribution in [0.25, 0.3) is 10.9 Å². The van der Waals surface area contributed by atoms with Crippen molar-refractivity contribution < 1.29 is 29.1 Å². The van der Waals surface area contributed by atoms with Crippen LogP contribution in [0.4, 0.5) is 0 Å². The Bertz CT molecular complexity index is 1170. The number of carboxylic acids is 1. The number of aromatic amines is 1. The van der Waals surface area contributed by atoms with Crippen molar-refractivity contribution in [1.29, 1.82) is 0 Å². The monoisotopic (exact) mass is 562 g/mol. The predicted octanol–water partition coefficient (Wildman–Crippen LogP) is 0.251. The number of carboxylic acid groups (broad SMARTS) is 1. The zero-order valence-electron chi connectivity index (χ0n) is 22.4. The number of rotatable bonds is 16. The highest BCUT2D eigenvalue weighted by atomic mass is 32.2. The molecule has 39 heavy (non-hydrogen) atoms. The van der Waals surface area contributed by atoms with Crippen LogP contribution in [0.5, 0.6) is 0 Å². The normalized spacial score (nSPS) is 15.0. The van der Waals surface area contributed by atoms with Gasteiger partial charge < -0.3 is 37.5 Å². The van der Waals surface area contributed by atoms with Gasteiger partial charge >= 0.3 is 5.97 Å². The first-order valence-corrected chi connectivity index (χ1v) is 14.1. The van der Waals surface area contributed by atoms with Crippen LogP contribution in [0.3, 0.4) is 0 Å². The molecule has 5 unspecified atom stereocenters. The van der Waals surface area contributed by atoms with Crippen molar-refractivity contribution in [2.75, 3.05) is 12.0 Å². The third-order valence-corrected chi connectivity index (χ3v) is 7.15. The molecule has 0 saturated heterocycles. The van der Waals surface area contributed by atoms with E-state index in [0.717, 1.165) is 16.5 Å². The number of carbonyl (C=O) groups is 5. The number of primary amides is 1. The maximum absolute atomic E-state index is 13.3. The average Bonchev–Trinajstić information content (AvgIpc) is 3.30. The van der Waals surface area contributed by atoms with Crippen molar-refractivity contribution in [1.82, 2.24) is 20.9 Å². The third-order valence-electron chi connectivity index (χ3n) is 6.51. The van der Waals surface area contributed by atoms with Crippen LogP contribution in [0.1, 0.15) is 38.7 Å². The molecule has 0 aliphatic heterocycles. The zero-order chi connectivity index (χ0) is 29.1. The molecule has 13 heteroatoms. The van der Waals surface area contributed by atoms with E-state index in [9.17, 15) is 29.1 Å². The van der Waals surface area contributed by atoms with Gasteiger partial charge in [-0.05, 0) is 42.4 Å². The highest BCUT2D eigenvalue weighted by Gasteiger charge is 2.33. The second-order valence-corrected chi connectivity index (χ2v) is 10.4. The number of hydrogen-bond donors (Lipinski definition) is 7. The van der Waals surface area contributed by atoms with Gasteiger partial charge in [-0.25, -0.2) is 4.79 Å². The molecule has 4 amide bonds. The van der Waals surface area contributed by atoms with Crippen molar-refractivity contribution in [3.63, 3.8) is 0 Å². The number of amides is 4. The molecule has 0 fully saturated rings. The van der Waals surface area contributed by atoms with Crippen LogP contribution in [0.15, 0.2) is 30.5 Å². The molecule has 0 aliphatic rings. The topological polar surface area (TPSA) is 209 Å². The number of aliphatic carboxylic acids is 1. The highest BCUT2D eigenvalue weighted by molar-refractivity contribution is 7.98. The molecule has 0 aliphatic carbocycles. The van der Waals surface area contributed by atoms with Crippen LogP contribution >= 0.6 is 11.8 Å². The van der Waals surface area contributed by atoms with Gasteiger partial charge in [0, 0.05) is 17.1 Å². The largest absolute Gasteiger partial charge is 0.480 e. The first-order valence-electron chi connectivity index (χ1n) is 12.7. The van der Waals surface area contributed by atoms with Crippen LogP contribution in [-0.4, -0.2) is 75.9 Å². The lowest BCUT2D eigenvalue weighted by Crippen LogP contribution is -2.59. The molecule has 0 spiro atoms. The highest BCUT2D eigenvalue weighted by Crippen LogP contribution is 2.19. The number of nitrogens with two attached hydrogens (primary N) is 2. The summed E-state index contributed by atoms with van der Waals surface area (Å²) >= 11 is 1.41. The van der Waals surface area contributed by atoms with Crippen molar-refractivity contribution >= 4 is 52.3 Å². The molecule has 2 rings (SSSR count). The van der Waals surface area contributed by atoms with E-state index in [2.05, 4.69) is 20.9 Å². The van der Waals surface area contributed by atoms with Crippen LogP contribution in [0.2, 0.25) is 0 Å². The lowest BCUT2D eigenvalue weighted by molar-refractivity contribution is -0.142. The van der Waals surface area contributed by atoms with Crippen molar-refractivity contribution in [3.8, 4) is 0 Å². The van der Waals surface area contributed by atoms with Gasteiger partial charge in [-0.2, -0.15) is 11.8 Å². The summed E-state index contributed by atoms with van der Waals surface area (Å²) in [5, 5.41) is 17.9. The maximum atomic E-state index is 13.3. The number of thioether (sulfide) groups is 1. The minimum absolute atomic E-state index is 0.152. The summed E-state index contributed by atoms with van der Waals surface area (Å²) < 4.78 is 0. The van der Waals surface area contributed by atoms with E-state index in [-0.39, 0.29) is 18.8 Å². The summed E-state index contributed by atoms with van der Waals surface area (Å²) in [6, 6.07) is 2.96. The molecule has 12 nitrogen and oxygen atoms in total. The maximum Gasteiger partial charge on any atom is 0.326 e. The molecule has 9 N–H and O–H groups in total. The first kappa shape index (κ1) is 31.6. The minimum Gasteiger partial charge on any atom is -0.480 e. The average molecular weight is 563 g/mol. The van der Waals surface area contributed by atoms with Gasteiger partial charge in [0.25, 0.3) is 0 Å². The quantitative estimate of drug-likeness (QED) is 0.150. The SMILES string of the molecule is CCC(C)C(NC(=O)C(N)Cc1c[nH]c2ccccc12)C(=O)NC(CC(N)=O)C(=O)NC(CCSC)C(=O)O. The molecule has 5 atom stereocenters. The molecule has 2 aromatic rings. The molecule has 1 heterocycles. The van der Waals surface area contributed by atoms with Gasteiger partial charge in [-0.15, -0.1) is 0 Å². The van der Waals surface area contributed by atoms with Gasteiger partial charge in [-0.1, -0.05) is 38.5 Å². The Morgan fingerprint density at radius 3 is 2.31 bits per heavy atom. The Morgan fingerprint density at radius 1 is 1.03 bits per heavy atom. The van der Waals surface area contributed by atoms with E-state index >= 15 is 0 Å². The summed E-state index contributed by atoms with van der Waals surface area (Å²) in [6.07, 6.45) is 3.93. The van der Waals surface area contributed by atoms with Gasteiger partial charge in [-0.3, -0.25) is 19.2 Å². The fraction of sp³-hybridized carbons (Fsp3) is 0.500. The van der Waals surface area contributed by atoms with Crippen molar-refractivity contribution in [2.45, 2.75) is 63.7 Å². The Labute approximate surface area is 231 Å². The van der Waals surface area contributed by atoms with E-state index in [1.165, 1.54) is 11.8 Å². The molecule has 214 valence electrons. The summed E-state index contributed by atoms with van der Waals surface area (Å²) in [4.78, 5) is 65.5. The zero-order valence-corrected chi connectivity index (χ0v) is 23.2. The van der Waals surface area contributed by atoms with Crippen LogP contribution in [0, 0.1) is 5.92 Å². The minimum atomic E-state index is -1.42. The Kier molecular flexibility index (Phi) is 12.3. The summed E-state index contributed by atoms with van der Waals surface area (Å²) in [5.74, 6) is -4.10. The number of para-hydroxylation sites is 1. The lowest BCUT2D eigenvalue weighted by Gasteiger charge is -2.27. The number of nitrogens with one attached hydrogen (secondary N) is 4. The number of fused-ring (bicyclic) bond motifs is 1. The van der Waals surface area contributed by atoms with Gasteiger partial charge in [0.1, 0.15) is 18.1 Å². The summed E-state index contributed by atoms with van der Waals surface area (Å²) in [7, 11) is 0. The van der Waals surface area contributed by atoms with Gasteiger partial charge in [0.2, 0.25) is 23.6 Å². The lowest BCUT2D eigenvalue weighted by atomic mass is 9.96. The molecular weight excluding hydrogens is 524 g/mol. The number of hydrogen-bond acceptors (Lipinski definition) is 7. The Hall–Kier alpha value is -3.58. The van der Waals surface area contributed by atoms with E-state index < -0.39 is 60.2 Å². The number of benzene rings is 1. The van der Waals surface area contributed by atoms with Crippen LogP contribution < -0.4 is 27.4 Å². The molecule has 0 radical (unpaired) electrons. The van der Waals surface area contributed by atoms with E-state index in [1.54, 1.807) is 19.4 Å². The Balaban J connectivity index is 2.14. The number of carbonyl (C=O) groups excluding carboxylic acids is 4. The molecule has 1 aromatic heterocycles.